The van der Waals surface area contributed by atoms with Crippen molar-refractivity contribution in [1.82, 2.24) is 9.55 Å². The van der Waals surface area contributed by atoms with Crippen LogP contribution in [0.2, 0.25) is 0 Å². The van der Waals surface area contributed by atoms with Gasteiger partial charge in [0.2, 0.25) is 0 Å². The summed E-state index contributed by atoms with van der Waals surface area (Å²) in [6.45, 7) is 27.6. The zero-order valence-electron chi connectivity index (χ0n) is 45.2. The second-order valence-corrected chi connectivity index (χ2v) is 27.6. The summed E-state index contributed by atoms with van der Waals surface area (Å²) >= 11 is 0. The van der Waals surface area contributed by atoms with Gasteiger partial charge in [-0.1, -0.05) is 203 Å². The van der Waals surface area contributed by atoms with Crippen molar-refractivity contribution in [3.8, 4) is 5.82 Å². The third kappa shape index (κ3) is 9.21. The molecule has 0 saturated carbocycles. The van der Waals surface area contributed by atoms with E-state index in [9.17, 15) is 0 Å². The van der Waals surface area contributed by atoms with Crippen molar-refractivity contribution in [3.63, 3.8) is 0 Å². The van der Waals surface area contributed by atoms with Crippen molar-refractivity contribution in [2.24, 2.45) is 0 Å². The average molecular weight is 1180 g/mol. The summed E-state index contributed by atoms with van der Waals surface area (Å²) in [5, 5.41) is 7.14. The van der Waals surface area contributed by atoms with Crippen LogP contribution in [0.5, 0.6) is 0 Å². The van der Waals surface area contributed by atoms with Crippen LogP contribution < -0.4 is 30.5 Å². The van der Waals surface area contributed by atoms with E-state index in [4.69, 9.17) is 4.98 Å². The molecule has 0 saturated heterocycles. The van der Waals surface area contributed by atoms with Crippen molar-refractivity contribution in [2.45, 2.75) is 97.8 Å². The number of hydrogen-bond donors (Lipinski definition) is 0. The van der Waals surface area contributed by atoms with Gasteiger partial charge in [0, 0.05) is 55.3 Å². The number of anilines is 4. The van der Waals surface area contributed by atoms with E-state index < -0.39 is 8.07 Å². The number of benzene rings is 8. The summed E-state index contributed by atoms with van der Waals surface area (Å²) in [7, 11) is -3.20. The maximum atomic E-state index is 5.17. The predicted molar refractivity (Wildman–Crippen MR) is 316 cm³/mol. The molecule has 0 bridgehead atoms. The summed E-state index contributed by atoms with van der Waals surface area (Å²) in [6, 6.07) is 80.4. The topological polar surface area (TPSA) is 24.3 Å². The second-order valence-electron chi connectivity index (χ2n) is 23.9. The Morgan fingerprint density at radius 1 is 0.440 bits per heavy atom. The van der Waals surface area contributed by atoms with E-state index in [1.54, 1.807) is 0 Å². The second kappa shape index (κ2) is 19.4. The Hall–Kier alpha value is -6.78. The summed E-state index contributed by atoms with van der Waals surface area (Å²) in [4.78, 5) is 9.87. The fraction of sp³-hybridized carbons (Fsp3) is 0.217. The predicted octanol–water partition coefficient (Wildman–Crippen LogP) is 14.8. The molecule has 10 aromatic rings. The molecule has 3 heterocycles. The molecule has 0 fully saturated rings. The molecule has 2 aromatic heterocycles. The Bertz CT molecular complexity index is 3620. The minimum Gasteiger partial charge on any atom is -0.493 e. The van der Waals surface area contributed by atoms with Gasteiger partial charge in [-0.05, 0) is 102 Å². The third-order valence-electron chi connectivity index (χ3n) is 15.6. The number of hydrogen-bond acceptors (Lipinski definition) is 3. The first-order valence-corrected chi connectivity index (χ1v) is 28.2. The third-order valence-corrected chi connectivity index (χ3v) is 20.2. The number of pyridine rings is 1. The molecule has 1 aliphatic rings. The van der Waals surface area contributed by atoms with Gasteiger partial charge < -0.3 is 14.4 Å². The van der Waals surface area contributed by atoms with E-state index >= 15 is 0 Å². The molecule has 0 N–H and O–H groups in total. The van der Waals surface area contributed by atoms with Gasteiger partial charge >= 0.3 is 0 Å². The Balaban J connectivity index is 0.00000641. The SMILES string of the molecule is CC(C)(C)c1ccc(C(C)(C)c2ccnc(-n3c4[c-]c([Si](c5[c-]c(N6[CH-]N(c7cc(C(C)(C)C)cc(C(C)(C)C)c7)c7ccccc76)ccc5)(c5ccccc5)c5ccccc5)ccc4c4ccccc43)c2)cc1.[Pt]. The van der Waals surface area contributed by atoms with E-state index in [1.165, 1.54) is 43.6 Å². The van der Waals surface area contributed by atoms with E-state index in [-0.39, 0.29) is 42.7 Å². The van der Waals surface area contributed by atoms with Crippen LogP contribution >= 0.6 is 0 Å². The van der Waals surface area contributed by atoms with Crippen LogP contribution in [-0.2, 0) is 42.7 Å². The van der Waals surface area contributed by atoms with Gasteiger partial charge in [0.05, 0.1) is 0 Å². The molecule has 4 nitrogen and oxygen atoms in total. The molecule has 6 heteroatoms. The number of aromatic nitrogens is 2. The van der Waals surface area contributed by atoms with Crippen LogP contribution in [0.4, 0.5) is 22.7 Å². The molecule has 0 atom stereocenters. The first kappa shape index (κ1) is 51.7. The first-order chi connectivity index (χ1) is 35.3. The van der Waals surface area contributed by atoms with Crippen LogP contribution in [0.15, 0.2) is 200 Å². The van der Waals surface area contributed by atoms with E-state index in [2.05, 4.69) is 303 Å². The van der Waals surface area contributed by atoms with Gasteiger partial charge in [-0.25, -0.2) is 4.98 Å². The smallest absolute Gasteiger partial charge is 0.135 e. The largest absolute Gasteiger partial charge is 0.493 e. The van der Waals surface area contributed by atoms with Crippen LogP contribution in [0.3, 0.4) is 0 Å². The fourth-order valence-corrected chi connectivity index (χ4v) is 15.6. The maximum absolute atomic E-state index is 5.17. The Morgan fingerprint density at radius 3 is 1.60 bits per heavy atom. The first-order valence-electron chi connectivity index (χ1n) is 26.2. The number of fused-ring (bicyclic) bond motifs is 4. The normalized spacial score (nSPS) is 13.3. The van der Waals surface area contributed by atoms with Gasteiger partial charge in [-0.15, -0.1) is 17.7 Å². The van der Waals surface area contributed by atoms with Gasteiger partial charge in [-0.2, -0.15) is 52.8 Å². The fourth-order valence-electron chi connectivity index (χ4n) is 11.1. The van der Waals surface area contributed by atoms with Crippen LogP contribution in [-0.4, -0.2) is 17.6 Å². The van der Waals surface area contributed by atoms with Gasteiger partial charge in [0.25, 0.3) is 0 Å². The Labute approximate surface area is 461 Å². The minimum atomic E-state index is -3.20. The van der Waals surface area contributed by atoms with Gasteiger partial charge in [0.1, 0.15) is 13.9 Å². The van der Waals surface area contributed by atoms with E-state index in [0.29, 0.717) is 0 Å². The number of nitrogens with zero attached hydrogens (tertiary/aromatic N) is 4. The average Bonchev–Trinajstić information content (AvgIpc) is 3.95. The number of para-hydroxylation sites is 3. The standard InChI is InChI=1S/C69H67N4Si.Pt/c1-66(2,3)48-33-35-49(36-34-48)69(10,11)50-39-40-70-65(44-50)73-61-30-19-18-29-59(61)60-38-37-58(46-64(60)73)74(55-24-14-12-15-25-55,56-26-16-13-17-27-56)57-28-22-23-53(45-57)71-47-72(63-32-21-20-31-62(63)71)54-42-51(67(4,5)6)41-52(43-54)68(7,8)9;/h12-44,47H,1-11H3;/q-3;. The molecular formula is C69H67N4PtSi-3. The molecule has 1 aliphatic heterocycles. The molecule has 11 rings (SSSR count). The molecule has 75 heavy (non-hydrogen) atoms. The van der Waals surface area contributed by atoms with Crippen LogP contribution in [0.25, 0.3) is 27.6 Å². The van der Waals surface area contributed by atoms with Gasteiger partial charge in [-0.3, -0.25) is 0 Å². The van der Waals surface area contributed by atoms with Crippen molar-refractivity contribution in [1.29, 1.82) is 0 Å². The summed E-state index contributed by atoms with van der Waals surface area (Å²) in [5.74, 6) is 0.872. The van der Waals surface area contributed by atoms with Crippen molar-refractivity contribution >= 4 is 73.4 Å². The van der Waals surface area contributed by atoms with E-state index in [0.717, 1.165) is 55.4 Å². The molecule has 8 aromatic carbocycles. The molecule has 0 aliphatic carbocycles. The number of rotatable bonds is 9. The van der Waals surface area contributed by atoms with Crippen LogP contribution in [0, 0.1) is 18.8 Å². The Morgan fingerprint density at radius 2 is 0.987 bits per heavy atom. The molecular weight excluding hydrogens is 1110 g/mol. The summed E-state index contributed by atoms with van der Waals surface area (Å²) in [5.41, 5.74) is 12.7. The maximum Gasteiger partial charge on any atom is 0.135 e. The zero-order valence-corrected chi connectivity index (χ0v) is 48.5. The monoisotopic (exact) mass is 1170 g/mol. The van der Waals surface area contributed by atoms with Gasteiger partial charge in [0.15, 0.2) is 0 Å². The molecule has 0 spiro atoms. The molecule has 0 unspecified atom stereocenters. The molecule has 0 amide bonds. The quantitative estimate of drug-likeness (QED) is 0.0818. The van der Waals surface area contributed by atoms with Crippen LogP contribution in [0.1, 0.15) is 104 Å². The minimum absolute atomic E-state index is 0. The zero-order chi connectivity index (χ0) is 51.8. The molecule has 380 valence electrons. The molecule has 0 radical (unpaired) electrons. The van der Waals surface area contributed by atoms with E-state index in [1.807, 2.05) is 6.20 Å². The summed E-state index contributed by atoms with van der Waals surface area (Å²) in [6.07, 6.45) is 1.98. The van der Waals surface area contributed by atoms with Crippen molar-refractivity contribution in [3.05, 3.63) is 247 Å². The summed E-state index contributed by atoms with van der Waals surface area (Å²) < 4.78 is 2.34. The van der Waals surface area contributed by atoms with Crippen molar-refractivity contribution < 1.29 is 21.1 Å². The Kier molecular flexibility index (Phi) is 13.4. The van der Waals surface area contributed by atoms with Crippen molar-refractivity contribution in [2.75, 3.05) is 9.80 Å².